The number of benzene rings is 1. The Morgan fingerprint density at radius 3 is 2.90 bits per heavy atom. The van der Waals surface area contributed by atoms with Crippen molar-refractivity contribution >= 4 is 17.0 Å². The number of nitrogen functional groups attached to an aromatic ring is 1. The first-order valence-corrected chi connectivity index (χ1v) is 8.09. The molecule has 0 bridgehead atoms. The van der Waals surface area contributed by atoms with Crippen LogP contribution in [-0.4, -0.2) is 30.1 Å². The summed E-state index contributed by atoms with van der Waals surface area (Å²) >= 11 is 1.84. The van der Waals surface area contributed by atoms with Crippen molar-refractivity contribution in [2.45, 2.75) is 25.9 Å². The Hall–Kier alpha value is -1.43. The summed E-state index contributed by atoms with van der Waals surface area (Å²) in [7, 11) is 1.74. The summed E-state index contributed by atoms with van der Waals surface area (Å²) in [5.74, 6) is 0. The molecule has 0 fully saturated rings. The molecule has 5 heteroatoms. The van der Waals surface area contributed by atoms with Gasteiger partial charge in [-0.15, -0.1) is 11.3 Å². The van der Waals surface area contributed by atoms with Gasteiger partial charge in [0.25, 0.3) is 0 Å². The Labute approximate surface area is 129 Å². The zero-order chi connectivity index (χ0) is 14.7. The summed E-state index contributed by atoms with van der Waals surface area (Å²) < 4.78 is 5.13. The summed E-state index contributed by atoms with van der Waals surface area (Å²) in [6.07, 6.45) is 1.97. The average molecular weight is 303 g/mol. The van der Waals surface area contributed by atoms with Crippen LogP contribution in [0.4, 0.5) is 5.69 Å². The zero-order valence-electron chi connectivity index (χ0n) is 12.3. The molecule has 2 aromatic rings. The molecule has 0 amide bonds. The predicted octanol–water partition coefficient (Wildman–Crippen LogP) is 2.47. The maximum atomic E-state index is 5.74. The van der Waals surface area contributed by atoms with Gasteiger partial charge in [0.2, 0.25) is 0 Å². The van der Waals surface area contributed by atoms with Crippen LogP contribution in [0.1, 0.15) is 21.1 Å². The van der Waals surface area contributed by atoms with Crippen molar-refractivity contribution in [1.29, 1.82) is 0 Å². The van der Waals surface area contributed by atoms with Crippen LogP contribution in [0, 0.1) is 0 Å². The number of hydrogen-bond donors (Lipinski definition) is 1. The standard InChI is InChI=1S/C16H21N3OS/c1-20-9-7-16-18-14-6-8-19(11-15(14)21-16)10-12-2-4-13(17)5-3-12/h2-5H,6-11,17H2,1H3. The van der Waals surface area contributed by atoms with Crippen molar-refractivity contribution < 1.29 is 4.74 Å². The number of methoxy groups -OCH3 is 1. The van der Waals surface area contributed by atoms with Gasteiger partial charge in [0, 0.05) is 50.2 Å². The highest BCUT2D eigenvalue weighted by molar-refractivity contribution is 7.11. The number of nitrogens with zero attached hydrogens (tertiary/aromatic N) is 2. The summed E-state index contributed by atoms with van der Waals surface area (Å²) in [6, 6.07) is 8.17. The summed E-state index contributed by atoms with van der Waals surface area (Å²) in [4.78, 5) is 8.63. The maximum Gasteiger partial charge on any atom is 0.0954 e. The van der Waals surface area contributed by atoms with Crippen LogP contribution in [0.5, 0.6) is 0 Å². The number of thiazole rings is 1. The van der Waals surface area contributed by atoms with E-state index in [0.29, 0.717) is 0 Å². The molecule has 4 nitrogen and oxygen atoms in total. The van der Waals surface area contributed by atoms with E-state index in [-0.39, 0.29) is 0 Å². The van der Waals surface area contributed by atoms with Crippen molar-refractivity contribution in [2.75, 3.05) is 26.0 Å². The monoisotopic (exact) mass is 303 g/mol. The Morgan fingerprint density at radius 2 is 2.14 bits per heavy atom. The molecule has 2 N–H and O–H groups in total. The normalized spacial score (nSPS) is 15.1. The van der Waals surface area contributed by atoms with Gasteiger partial charge < -0.3 is 10.5 Å². The second-order valence-corrected chi connectivity index (χ2v) is 6.59. The third-order valence-electron chi connectivity index (χ3n) is 3.76. The summed E-state index contributed by atoms with van der Waals surface area (Å²) in [5.41, 5.74) is 9.17. The minimum atomic E-state index is 0.752. The summed E-state index contributed by atoms with van der Waals surface area (Å²) in [5, 5.41) is 1.20. The molecule has 0 aliphatic carbocycles. The average Bonchev–Trinajstić information content (AvgIpc) is 2.89. The molecular formula is C16H21N3OS. The van der Waals surface area contributed by atoms with E-state index in [2.05, 4.69) is 17.0 Å². The van der Waals surface area contributed by atoms with Crippen LogP contribution in [0.3, 0.4) is 0 Å². The smallest absolute Gasteiger partial charge is 0.0954 e. The van der Waals surface area contributed by atoms with E-state index >= 15 is 0 Å². The Bertz CT molecular complexity index is 594. The van der Waals surface area contributed by atoms with Crippen LogP contribution in [-0.2, 0) is 30.7 Å². The first-order chi connectivity index (χ1) is 10.2. The molecule has 1 aromatic heterocycles. The first-order valence-electron chi connectivity index (χ1n) is 7.28. The van der Waals surface area contributed by atoms with Gasteiger partial charge in [0.05, 0.1) is 17.3 Å². The van der Waals surface area contributed by atoms with Gasteiger partial charge in [-0.25, -0.2) is 4.98 Å². The van der Waals surface area contributed by atoms with Crippen molar-refractivity contribution in [3.05, 3.63) is 45.4 Å². The number of rotatable bonds is 5. The highest BCUT2D eigenvalue weighted by Crippen LogP contribution is 2.26. The minimum Gasteiger partial charge on any atom is -0.399 e. The molecule has 112 valence electrons. The third kappa shape index (κ3) is 3.61. The number of hydrogen-bond acceptors (Lipinski definition) is 5. The topological polar surface area (TPSA) is 51.4 Å². The van der Waals surface area contributed by atoms with Crippen LogP contribution < -0.4 is 5.73 Å². The molecule has 1 aliphatic rings. The van der Waals surface area contributed by atoms with Crippen LogP contribution in [0.25, 0.3) is 0 Å². The highest BCUT2D eigenvalue weighted by Gasteiger charge is 2.20. The molecule has 0 saturated heterocycles. The third-order valence-corrected chi connectivity index (χ3v) is 4.90. The quantitative estimate of drug-likeness (QED) is 0.862. The van der Waals surface area contributed by atoms with E-state index in [1.807, 2.05) is 23.5 Å². The molecule has 0 spiro atoms. The lowest BCUT2D eigenvalue weighted by molar-refractivity contribution is 0.202. The number of nitrogens with two attached hydrogens (primary N) is 1. The molecular weight excluding hydrogens is 282 g/mol. The van der Waals surface area contributed by atoms with E-state index in [4.69, 9.17) is 15.5 Å². The van der Waals surface area contributed by atoms with E-state index in [1.165, 1.54) is 21.1 Å². The lowest BCUT2D eigenvalue weighted by atomic mass is 10.1. The molecule has 0 atom stereocenters. The van der Waals surface area contributed by atoms with E-state index < -0.39 is 0 Å². The largest absolute Gasteiger partial charge is 0.399 e. The van der Waals surface area contributed by atoms with Gasteiger partial charge in [-0.2, -0.15) is 0 Å². The van der Waals surface area contributed by atoms with Crippen LogP contribution in [0.2, 0.25) is 0 Å². The molecule has 2 heterocycles. The molecule has 0 radical (unpaired) electrons. The minimum absolute atomic E-state index is 0.752. The van der Waals surface area contributed by atoms with Crippen molar-refractivity contribution in [3.63, 3.8) is 0 Å². The molecule has 21 heavy (non-hydrogen) atoms. The molecule has 3 rings (SSSR count). The number of anilines is 1. The van der Waals surface area contributed by atoms with E-state index in [0.717, 1.165) is 44.8 Å². The Morgan fingerprint density at radius 1 is 1.33 bits per heavy atom. The molecule has 0 saturated carbocycles. The Balaban J connectivity index is 1.63. The van der Waals surface area contributed by atoms with Crippen molar-refractivity contribution in [3.8, 4) is 0 Å². The van der Waals surface area contributed by atoms with E-state index in [9.17, 15) is 0 Å². The number of fused-ring (bicyclic) bond motifs is 1. The Kier molecular flexibility index (Phi) is 4.53. The van der Waals surface area contributed by atoms with Gasteiger partial charge in [0.15, 0.2) is 0 Å². The van der Waals surface area contributed by atoms with Gasteiger partial charge in [-0.1, -0.05) is 12.1 Å². The fourth-order valence-corrected chi connectivity index (χ4v) is 3.75. The lowest BCUT2D eigenvalue weighted by Crippen LogP contribution is -2.29. The zero-order valence-corrected chi connectivity index (χ0v) is 13.2. The van der Waals surface area contributed by atoms with Crippen LogP contribution >= 0.6 is 11.3 Å². The maximum absolute atomic E-state index is 5.74. The van der Waals surface area contributed by atoms with E-state index in [1.54, 1.807) is 7.11 Å². The summed E-state index contributed by atoms with van der Waals surface area (Å²) in [6.45, 7) is 3.81. The number of ether oxygens (including phenoxy) is 1. The second-order valence-electron chi connectivity index (χ2n) is 5.42. The number of aromatic nitrogens is 1. The fourth-order valence-electron chi connectivity index (χ4n) is 2.61. The molecule has 1 aliphatic heterocycles. The van der Waals surface area contributed by atoms with Gasteiger partial charge in [-0.05, 0) is 17.7 Å². The fraction of sp³-hybridized carbons (Fsp3) is 0.438. The molecule has 1 aromatic carbocycles. The van der Waals surface area contributed by atoms with Gasteiger partial charge >= 0.3 is 0 Å². The van der Waals surface area contributed by atoms with Crippen molar-refractivity contribution in [1.82, 2.24) is 9.88 Å². The van der Waals surface area contributed by atoms with Gasteiger partial charge in [-0.3, -0.25) is 4.90 Å². The highest BCUT2D eigenvalue weighted by atomic mass is 32.1. The molecule has 0 unspecified atom stereocenters. The second kappa shape index (κ2) is 6.56. The van der Waals surface area contributed by atoms with Crippen molar-refractivity contribution in [2.24, 2.45) is 0 Å². The predicted molar refractivity (Wildman–Crippen MR) is 86.4 cm³/mol. The van der Waals surface area contributed by atoms with Gasteiger partial charge in [0.1, 0.15) is 0 Å². The first kappa shape index (κ1) is 14.5. The van der Waals surface area contributed by atoms with Crippen LogP contribution in [0.15, 0.2) is 24.3 Å². The lowest BCUT2D eigenvalue weighted by Gasteiger charge is -2.25. The SMILES string of the molecule is COCCc1nc2c(s1)CN(Cc1ccc(N)cc1)CC2.